The Bertz CT molecular complexity index is 582. The highest BCUT2D eigenvalue weighted by atomic mass is 16.4. The highest BCUT2D eigenvalue weighted by Gasteiger charge is 2.30. The van der Waals surface area contributed by atoms with Gasteiger partial charge in [0.2, 0.25) is 17.7 Å². The van der Waals surface area contributed by atoms with Crippen LogP contribution in [0.3, 0.4) is 0 Å². The monoisotopic (exact) mass is 429 g/mol. The zero-order valence-corrected chi connectivity index (χ0v) is 18.7. The van der Waals surface area contributed by atoms with Gasteiger partial charge in [-0.3, -0.25) is 14.4 Å². The summed E-state index contributed by atoms with van der Waals surface area (Å²) in [6.07, 6.45) is 2.20. The maximum absolute atomic E-state index is 12.6. The van der Waals surface area contributed by atoms with Gasteiger partial charge in [0.1, 0.15) is 18.1 Å². The van der Waals surface area contributed by atoms with Crippen molar-refractivity contribution in [1.82, 2.24) is 16.0 Å². The van der Waals surface area contributed by atoms with Crippen LogP contribution in [-0.4, -0.2) is 59.5 Å². The summed E-state index contributed by atoms with van der Waals surface area (Å²) in [6.45, 7) is 9.20. The van der Waals surface area contributed by atoms with Gasteiger partial charge in [-0.25, -0.2) is 4.79 Å². The van der Waals surface area contributed by atoms with Crippen molar-refractivity contribution in [2.24, 2.45) is 23.3 Å². The lowest BCUT2D eigenvalue weighted by molar-refractivity contribution is -0.142. The molecular weight excluding hydrogens is 390 g/mol. The molecule has 0 heterocycles. The second kappa shape index (κ2) is 13.9. The number of rotatable bonds is 14. The minimum atomic E-state index is -1.13. The van der Waals surface area contributed by atoms with Crippen LogP contribution in [0.1, 0.15) is 60.3 Å². The number of carbonyl (C=O) groups excluding carboxylic acids is 3. The Morgan fingerprint density at radius 1 is 0.867 bits per heavy atom. The van der Waals surface area contributed by atoms with Crippen molar-refractivity contribution in [1.29, 1.82) is 0 Å². The lowest BCUT2D eigenvalue weighted by atomic mass is 10.0. The molecular formula is C20H39N5O5. The van der Waals surface area contributed by atoms with Crippen LogP contribution in [0.5, 0.6) is 0 Å². The first-order valence-electron chi connectivity index (χ1n) is 10.5. The van der Waals surface area contributed by atoms with Gasteiger partial charge in [-0.1, -0.05) is 34.1 Å². The maximum Gasteiger partial charge on any atom is 0.326 e. The number of carbonyl (C=O) groups is 4. The summed E-state index contributed by atoms with van der Waals surface area (Å²) in [5.41, 5.74) is 11.3. The fourth-order valence-corrected chi connectivity index (χ4v) is 2.79. The Morgan fingerprint density at radius 3 is 1.93 bits per heavy atom. The number of carboxylic acid groups (broad SMARTS) is 1. The molecule has 0 rings (SSSR count). The van der Waals surface area contributed by atoms with Gasteiger partial charge in [0.15, 0.2) is 0 Å². The molecule has 30 heavy (non-hydrogen) atoms. The molecule has 4 unspecified atom stereocenters. The first-order chi connectivity index (χ1) is 13.9. The SMILES string of the molecule is CC(C)CC(NC(=O)C(C)NC(=O)C(NC(=O)C(N)CCCCN)C(C)C)C(=O)O. The average molecular weight is 430 g/mol. The van der Waals surface area contributed by atoms with E-state index < -0.39 is 47.9 Å². The highest BCUT2D eigenvalue weighted by molar-refractivity contribution is 5.94. The quantitative estimate of drug-likeness (QED) is 0.205. The number of aliphatic carboxylic acids is 1. The van der Waals surface area contributed by atoms with E-state index in [1.165, 1.54) is 6.92 Å². The van der Waals surface area contributed by atoms with Crippen LogP contribution in [0.4, 0.5) is 0 Å². The Kier molecular flexibility index (Phi) is 12.9. The second-order valence-corrected chi connectivity index (χ2v) is 8.38. The molecule has 0 aromatic carbocycles. The van der Waals surface area contributed by atoms with Gasteiger partial charge in [-0.2, -0.15) is 0 Å². The Labute approximate surface area is 178 Å². The van der Waals surface area contributed by atoms with E-state index in [4.69, 9.17) is 11.5 Å². The summed E-state index contributed by atoms with van der Waals surface area (Å²) in [5.74, 6) is -2.89. The molecule has 0 bridgehead atoms. The summed E-state index contributed by atoms with van der Waals surface area (Å²) >= 11 is 0. The van der Waals surface area contributed by atoms with Crippen molar-refractivity contribution in [2.45, 2.75) is 84.5 Å². The Balaban J connectivity index is 4.90. The molecule has 0 saturated heterocycles. The number of hydrogen-bond donors (Lipinski definition) is 6. The van der Waals surface area contributed by atoms with Gasteiger partial charge in [0, 0.05) is 0 Å². The molecule has 0 radical (unpaired) electrons. The van der Waals surface area contributed by atoms with Gasteiger partial charge in [-0.05, 0) is 44.6 Å². The predicted octanol–water partition coefficient (Wildman–Crippen LogP) is -0.296. The number of amides is 3. The van der Waals surface area contributed by atoms with E-state index >= 15 is 0 Å². The van der Waals surface area contributed by atoms with Crippen molar-refractivity contribution in [3.63, 3.8) is 0 Å². The van der Waals surface area contributed by atoms with E-state index in [-0.39, 0.29) is 18.3 Å². The fraction of sp³-hybridized carbons (Fsp3) is 0.800. The molecule has 0 aliphatic carbocycles. The predicted molar refractivity (Wildman–Crippen MR) is 114 cm³/mol. The standard InChI is InChI=1S/C20H39N5O5/c1-11(2)10-15(20(29)30)24-17(26)13(5)23-19(28)16(12(3)4)25-18(27)14(22)8-6-7-9-21/h11-16H,6-10,21-22H2,1-5H3,(H,23,28)(H,24,26)(H,25,27)(H,29,30). The molecule has 0 aromatic heterocycles. The third-order valence-electron chi connectivity index (χ3n) is 4.63. The zero-order chi connectivity index (χ0) is 23.4. The van der Waals surface area contributed by atoms with Crippen LogP contribution in [0, 0.1) is 11.8 Å². The lowest BCUT2D eigenvalue weighted by Gasteiger charge is -2.26. The molecule has 0 saturated carbocycles. The number of hydrogen-bond acceptors (Lipinski definition) is 6. The van der Waals surface area contributed by atoms with E-state index in [9.17, 15) is 24.3 Å². The molecule has 4 atom stereocenters. The molecule has 174 valence electrons. The van der Waals surface area contributed by atoms with E-state index in [1.807, 2.05) is 13.8 Å². The summed E-state index contributed by atoms with van der Waals surface area (Å²) in [6, 6.07) is -3.63. The van der Waals surface area contributed by atoms with E-state index in [0.717, 1.165) is 6.42 Å². The van der Waals surface area contributed by atoms with Gasteiger partial charge in [0.25, 0.3) is 0 Å². The van der Waals surface area contributed by atoms with Gasteiger partial charge < -0.3 is 32.5 Å². The smallest absolute Gasteiger partial charge is 0.326 e. The van der Waals surface area contributed by atoms with Gasteiger partial charge >= 0.3 is 5.97 Å². The van der Waals surface area contributed by atoms with Gasteiger partial charge in [-0.15, -0.1) is 0 Å². The van der Waals surface area contributed by atoms with Crippen molar-refractivity contribution in [2.75, 3.05) is 6.54 Å². The number of nitrogens with two attached hydrogens (primary N) is 2. The molecule has 0 aliphatic heterocycles. The molecule has 8 N–H and O–H groups in total. The molecule has 0 aromatic rings. The maximum atomic E-state index is 12.6. The van der Waals surface area contributed by atoms with Crippen LogP contribution in [-0.2, 0) is 19.2 Å². The van der Waals surface area contributed by atoms with Crippen LogP contribution in [0.15, 0.2) is 0 Å². The molecule has 0 aliphatic rings. The van der Waals surface area contributed by atoms with Crippen LogP contribution in [0.2, 0.25) is 0 Å². The van der Waals surface area contributed by atoms with E-state index in [0.29, 0.717) is 19.4 Å². The topological polar surface area (TPSA) is 177 Å². The second-order valence-electron chi connectivity index (χ2n) is 8.38. The summed E-state index contributed by atoms with van der Waals surface area (Å²) < 4.78 is 0. The van der Waals surface area contributed by atoms with Crippen LogP contribution < -0.4 is 27.4 Å². The Hall–Kier alpha value is -2.20. The summed E-state index contributed by atoms with van der Waals surface area (Å²) in [5, 5.41) is 16.9. The minimum Gasteiger partial charge on any atom is -0.480 e. The Morgan fingerprint density at radius 2 is 1.47 bits per heavy atom. The molecule has 0 spiro atoms. The first kappa shape index (κ1) is 27.8. The minimum absolute atomic E-state index is 0.0749. The number of carboxylic acids is 1. The van der Waals surface area contributed by atoms with Crippen molar-refractivity contribution in [3.05, 3.63) is 0 Å². The van der Waals surface area contributed by atoms with E-state index in [2.05, 4.69) is 16.0 Å². The van der Waals surface area contributed by atoms with E-state index in [1.54, 1.807) is 13.8 Å². The zero-order valence-electron chi connectivity index (χ0n) is 18.7. The van der Waals surface area contributed by atoms with Crippen LogP contribution in [0.25, 0.3) is 0 Å². The molecule has 10 heteroatoms. The highest BCUT2D eigenvalue weighted by Crippen LogP contribution is 2.07. The van der Waals surface area contributed by atoms with Crippen molar-refractivity contribution in [3.8, 4) is 0 Å². The number of unbranched alkanes of at least 4 members (excludes halogenated alkanes) is 1. The molecule has 0 fully saturated rings. The summed E-state index contributed by atoms with van der Waals surface area (Å²) in [7, 11) is 0. The third kappa shape index (κ3) is 10.5. The van der Waals surface area contributed by atoms with Crippen molar-refractivity contribution >= 4 is 23.7 Å². The van der Waals surface area contributed by atoms with Crippen molar-refractivity contribution < 1.29 is 24.3 Å². The molecule has 10 nitrogen and oxygen atoms in total. The third-order valence-corrected chi connectivity index (χ3v) is 4.63. The fourth-order valence-electron chi connectivity index (χ4n) is 2.79. The lowest BCUT2D eigenvalue weighted by Crippen LogP contribution is -2.57. The largest absolute Gasteiger partial charge is 0.480 e. The van der Waals surface area contributed by atoms with Crippen LogP contribution >= 0.6 is 0 Å². The number of nitrogens with one attached hydrogen (secondary N) is 3. The van der Waals surface area contributed by atoms with Gasteiger partial charge in [0.05, 0.1) is 6.04 Å². The first-order valence-corrected chi connectivity index (χ1v) is 10.5. The average Bonchev–Trinajstić information content (AvgIpc) is 2.64. The summed E-state index contributed by atoms with van der Waals surface area (Å²) in [4.78, 5) is 48.6. The molecule has 3 amide bonds. The normalized spacial score (nSPS) is 15.2.